The summed E-state index contributed by atoms with van der Waals surface area (Å²) < 4.78 is 5.27. The van der Waals surface area contributed by atoms with Crippen LogP contribution in [0.15, 0.2) is 4.99 Å². The van der Waals surface area contributed by atoms with Gasteiger partial charge in [0.25, 0.3) is 0 Å². The first kappa shape index (κ1) is 25.7. The number of nitrogens with one attached hydrogen (secondary N) is 3. The molecule has 2 aliphatic rings. The number of likely N-dealkylation sites (tertiary alicyclic amines) is 2. The number of nitrogens with zero attached hydrogens (tertiary/aromatic N) is 3. The zero-order valence-electron chi connectivity index (χ0n) is 20.6. The van der Waals surface area contributed by atoms with Crippen molar-refractivity contribution in [3.05, 3.63) is 0 Å². The van der Waals surface area contributed by atoms with Crippen LogP contribution in [0.25, 0.3) is 0 Å². The molecular weight excluding hydrogens is 392 g/mol. The third kappa shape index (κ3) is 9.23. The van der Waals surface area contributed by atoms with Crippen LogP contribution in [-0.4, -0.2) is 92.4 Å². The van der Waals surface area contributed by atoms with Crippen molar-refractivity contribution in [2.45, 2.75) is 77.4 Å². The highest BCUT2D eigenvalue weighted by atomic mass is 16.6. The van der Waals surface area contributed by atoms with E-state index in [0.29, 0.717) is 6.54 Å². The second-order valence-electron chi connectivity index (χ2n) is 9.98. The Kier molecular flexibility index (Phi) is 10.4. The molecule has 2 fully saturated rings. The molecule has 0 atom stereocenters. The molecule has 0 aromatic carbocycles. The van der Waals surface area contributed by atoms with E-state index in [1.165, 1.54) is 45.2 Å². The van der Waals surface area contributed by atoms with Gasteiger partial charge in [0.2, 0.25) is 0 Å². The molecule has 0 saturated carbocycles. The Morgan fingerprint density at radius 2 is 1.65 bits per heavy atom. The molecule has 0 spiro atoms. The Morgan fingerprint density at radius 3 is 2.26 bits per heavy atom. The summed E-state index contributed by atoms with van der Waals surface area (Å²) >= 11 is 0. The number of hydrogen-bond acceptors (Lipinski definition) is 5. The average molecular weight is 439 g/mol. The van der Waals surface area contributed by atoms with Gasteiger partial charge in [0, 0.05) is 25.2 Å². The number of amides is 1. The van der Waals surface area contributed by atoms with E-state index in [-0.39, 0.29) is 11.6 Å². The monoisotopic (exact) mass is 438 g/mol. The molecule has 180 valence electrons. The van der Waals surface area contributed by atoms with Crippen LogP contribution in [0.1, 0.15) is 66.2 Å². The summed E-state index contributed by atoms with van der Waals surface area (Å²) in [5.41, 5.74) is -0.279. The van der Waals surface area contributed by atoms with Crippen LogP contribution in [0.2, 0.25) is 0 Å². The van der Waals surface area contributed by atoms with Crippen LogP contribution in [0.5, 0.6) is 0 Å². The maximum absolute atomic E-state index is 11.7. The number of hydrogen-bond donors (Lipinski definition) is 3. The molecule has 1 amide bonds. The van der Waals surface area contributed by atoms with E-state index in [9.17, 15) is 4.79 Å². The van der Waals surface area contributed by atoms with Gasteiger partial charge >= 0.3 is 6.09 Å². The molecule has 2 heterocycles. The van der Waals surface area contributed by atoms with Crippen molar-refractivity contribution < 1.29 is 9.53 Å². The third-order valence-electron chi connectivity index (χ3n) is 6.13. The Morgan fingerprint density at radius 1 is 1.00 bits per heavy atom. The SMILES string of the molecule is CCNC(=NCC1(N2CCCCC2)CCN(C)CC1)NCCCNC(=O)OC(C)(C)C. The first-order chi connectivity index (χ1) is 14.7. The number of aliphatic imine (C=N–C) groups is 1. The largest absolute Gasteiger partial charge is 0.444 e. The van der Waals surface area contributed by atoms with Crippen molar-refractivity contribution in [3.8, 4) is 0 Å². The maximum Gasteiger partial charge on any atom is 0.407 e. The Balaban J connectivity index is 1.85. The first-order valence-electron chi connectivity index (χ1n) is 12.2. The predicted molar refractivity (Wildman–Crippen MR) is 128 cm³/mol. The number of alkyl carbamates (subject to hydrolysis) is 1. The van der Waals surface area contributed by atoms with Crippen LogP contribution in [0, 0.1) is 0 Å². The molecule has 2 aliphatic heterocycles. The summed E-state index contributed by atoms with van der Waals surface area (Å²) in [6.45, 7) is 15.4. The number of rotatable bonds is 8. The van der Waals surface area contributed by atoms with Gasteiger partial charge in [0.1, 0.15) is 5.60 Å². The van der Waals surface area contributed by atoms with Crippen molar-refractivity contribution >= 4 is 12.1 Å². The zero-order chi connectivity index (χ0) is 22.7. The van der Waals surface area contributed by atoms with Gasteiger partial charge < -0.3 is 25.6 Å². The van der Waals surface area contributed by atoms with E-state index < -0.39 is 5.60 Å². The lowest BCUT2D eigenvalue weighted by Crippen LogP contribution is -2.58. The fraction of sp³-hybridized carbons (Fsp3) is 0.913. The average Bonchev–Trinajstić information content (AvgIpc) is 2.72. The van der Waals surface area contributed by atoms with Gasteiger partial charge in [-0.15, -0.1) is 0 Å². The van der Waals surface area contributed by atoms with E-state index >= 15 is 0 Å². The highest BCUT2D eigenvalue weighted by Gasteiger charge is 2.39. The molecule has 8 heteroatoms. The van der Waals surface area contributed by atoms with E-state index in [1.54, 1.807) is 0 Å². The van der Waals surface area contributed by atoms with E-state index in [1.807, 2.05) is 20.8 Å². The van der Waals surface area contributed by atoms with Gasteiger partial charge in [0.05, 0.1) is 6.54 Å². The molecule has 0 bridgehead atoms. The Hall–Kier alpha value is -1.54. The number of carbonyl (C=O) groups is 1. The second kappa shape index (κ2) is 12.5. The normalized spacial score (nSPS) is 20.9. The first-order valence-corrected chi connectivity index (χ1v) is 12.2. The Bertz CT molecular complexity index is 561. The number of piperidine rings is 2. The van der Waals surface area contributed by atoms with Crippen molar-refractivity contribution in [2.75, 3.05) is 59.4 Å². The minimum atomic E-state index is -0.467. The summed E-state index contributed by atoms with van der Waals surface area (Å²) in [7, 11) is 2.22. The maximum atomic E-state index is 11.7. The van der Waals surface area contributed by atoms with Gasteiger partial charge in [-0.1, -0.05) is 6.42 Å². The van der Waals surface area contributed by atoms with Gasteiger partial charge in [0.15, 0.2) is 5.96 Å². The van der Waals surface area contributed by atoms with Crippen molar-refractivity contribution in [3.63, 3.8) is 0 Å². The highest BCUT2D eigenvalue weighted by molar-refractivity contribution is 5.79. The summed E-state index contributed by atoms with van der Waals surface area (Å²) in [5, 5.41) is 9.62. The smallest absolute Gasteiger partial charge is 0.407 e. The van der Waals surface area contributed by atoms with Crippen molar-refractivity contribution in [2.24, 2.45) is 4.99 Å². The van der Waals surface area contributed by atoms with Crippen molar-refractivity contribution in [1.29, 1.82) is 0 Å². The van der Waals surface area contributed by atoms with E-state index in [4.69, 9.17) is 9.73 Å². The standard InChI is InChI=1S/C23H46N6O2/c1-6-24-20(25-13-10-14-26-21(30)31-22(2,3)4)27-19-23(11-17-28(5)18-12-23)29-15-8-7-9-16-29/h6-19H2,1-5H3,(H,26,30)(H2,24,25,27). The molecule has 3 N–H and O–H groups in total. The molecular formula is C23H46N6O2. The predicted octanol–water partition coefficient (Wildman–Crippen LogP) is 2.41. The molecule has 2 saturated heterocycles. The minimum Gasteiger partial charge on any atom is -0.444 e. The molecule has 2 rings (SSSR count). The lowest BCUT2D eigenvalue weighted by Gasteiger charge is -2.49. The summed E-state index contributed by atoms with van der Waals surface area (Å²) in [4.78, 5) is 21.9. The molecule has 0 unspecified atom stereocenters. The van der Waals surface area contributed by atoms with Crippen LogP contribution >= 0.6 is 0 Å². The summed E-state index contributed by atoms with van der Waals surface area (Å²) in [6, 6.07) is 0. The van der Waals surface area contributed by atoms with Gasteiger partial charge in [-0.3, -0.25) is 9.89 Å². The van der Waals surface area contributed by atoms with Crippen LogP contribution in [-0.2, 0) is 4.74 Å². The fourth-order valence-corrected chi connectivity index (χ4v) is 4.35. The van der Waals surface area contributed by atoms with Crippen LogP contribution in [0.4, 0.5) is 4.79 Å². The van der Waals surface area contributed by atoms with E-state index in [0.717, 1.165) is 45.1 Å². The van der Waals surface area contributed by atoms with Gasteiger partial charge in [-0.2, -0.15) is 0 Å². The van der Waals surface area contributed by atoms with Crippen molar-refractivity contribution in [1.82, 2.24) is 25.8 Å². The topological polar surface area (TPSA) is 81.2 Å². The molecule has 0 radical (unpaired) electrons. The van der Waals surface area contributed by atoms with Gasteiger partial charge in [-0.05, 0) is 93.0 Å². The van der Waals surface area contributed by atoms with Crippen LogP contribution in [0.3, 0.4) is 0 Å². The lowest BCUT2D eigenvalue weighted by atomic mass is 9.84. The lowest BCUT2D eigenvalue weighted by molar-refractivity contribution is 0.0208. The molecule has 0 aromatic heterocycles. The zero-order valence-corrected chi connectivity index (χ0v) is 20.6. The number of ether oxygens (including phenoxy) is 1. The summed E-state index contributed by atoms with van der Waals surface area (Å²) in [6.07, 6.45) is 6.80. The van der Waals surface area contributed by atoms with Crippen LogP contribution < -0.4 is 16.0 Å². The van der Waals surface area contributed by atoms with E-state index in [2.05, 4.69) is 39.7 Å². The fourth-order valence-electron chi connectivity index (χ4n) is 4.35. The molecule has 31 heavy (non-hydrogen) atoms. The number of guanidine groups is 1. The number of carbonyl (C=O) groups excluding carboxylic acids is 1. The molecule has 8 nitrogen and oxygen atoms in total. The third-order valence-corrected chi connectivity index (χ3v) is 6.13. The summed E-state index contributed by atoms with van der Waals surface area (Å²) in [5.74, 6) is 0.870. The second-order valence-corrected chi connectivity index (χ2v) is 9.98. The Labute approximate surface area is 189 Å². The molecule has 0 aliphatic carbocycles. The molecule has 0 aromatic rings. The minimum absolute atomic E-state index is 0.188. The van der Waals surface area contributed by atoms with Gasteiger partial charge in [-0.25, -0.2) is 4.79 Å². The quantitative estimate of drug-likeness (QED) is 0.307. The highest BCUT2D eigenvalue weighted by Crippen LogP contribution is 2.31.